The lowest BCUT2D eigenvalue weighted by atomic mass is 9.78. The number of rotatable bonds is 10. The van der Waals surface area contributed by atoms with Gasteiger partial charge in [0.15, 0.2) is 11.6 Å². The van der Waals surface area contributed by atoms with Crippen LogP contribution in [-0.2, 0) is 33.2 Å². The lowest BCUT2D eigenvalue weighted by Gasteiger charge is -2.49. The van der Waals surface area contributed by atoms with Crippen LogP contribution in [0.3, 0.4) is 0 Å². The Balaban J connectivity index is 1.29. The van der Waals surface area contributed by atoms with Gasteiger partial charge in [-0.2, -0.15) is 0 Å². The van der Waals surface area contributed by atoms with Gasteiger partial charge in [-0.1, -0.05) is 41.5 Å². The SMILES string of the molecule is CC[C@@]1(C2O[C@@H](C3O[C@@](O)(CO)[C@H](C)C[C@@H]3C)C[C@@H]2C)CCC([C@]2(C)CCC3(C[C@H](O)[C@@H](C)[C@@H]([C@@H](C)[C@@H](OC)[C@H](C)C(=O)O)O3)O2)O1. The second kappa shape index (κ2) is 13.7. The first-order valence-electron chi connectivity index (χ1n) is 18.1. The molecule has 11 heteroatoms. The zero-order chi connectivity index (χ0) is 34.7. The smallest absolute Gasteiger partial charge is 0.308 e. The van der Waals surface area contributed by atoms with E-state index in [1.54, 1.807) is 6.92 Å². The average molecular weight is 671 g/mol. The van der Waals surface area contributed by atoms with Gasteiger partial charge in [0.05, 0.1) is 66.5 Å². The van der Waals surface area contributed by atoms with Gasteiger partial charge in [-0.3, -0.25) is 4.79 Å². The normalized spacial score (nSPS) is 50.9. The van der Waals surface area contributed by atoms with Crippen molar-refractivity contribution in [1.82, 2.24) is 0 Å². The van der Waals surface area contributed by atoms with Crippen LogP contribution in [0, 0.1) is 35.5 Å². The van der Waals surface area contributed by atoms with E-state index in [9.17, 15) is 25.2 Å². The zero-order valence-electron chi connectivity index (χ0n) is 30.0. The van der Waals surface area contributed by atoms with Crippen molar-refractivity contribution in [3.05, 3.63) is 0 Å². The molecule has 4 N–H and O–H groups in total. The molecular formula is C36H62O11. The maximum atomic E-state index is 11.8. The highest BCUT2D eigenvalue weighted by molar-refractivity contribution is 5.70. The monoisotopic (exact) mass is 670 g/mol. The molecule has 5 saturated heterocycles. The number of aliphatic hydroxyl groups excluding tert-OH is 2. The molecule has 0 aromatic heterocycles. The van der Waals surface area contributed by atoms with E-state index in [0.717, 1.165) is 32.1 Å². The molecule has 5 rings (SSSR count). The average Bonchev–Trinajstić information content (AvgIpc) is 3.73. The number of aliphatic hydroxyl groups is 3. The van der Waals surface area contributed by atoms with Crippen LogP contribution in [0.4, 0.5) is 0 Å². The minimum Gasteiger partial charge on any atom is -0.481 e. The van der Waals surface area contributed by atoms with Crippen LogP contribution in [0.15, 0.2) is 0 Å². The van der Waals surface area contributed by atoms with E-state index in [4.69, 9.17) is 28.4 Å². The van der Waals surface area contributed by atoms with Crippen molar-refractivity contribution < 1.29 is 53.6 Å². The summed E-state index contributed by atoms with van der Waals surface area (Å²) in [6, 6.07) is 0. The Labute approximate surface area is 281 Å². The Hall–Kier alpha value is -0.890. The van der Waals surface area contributed by atoms with Gasteiger partial charge in [-0.25, -0.2) is 0 Å². The molecule has 0 aromatic rings. The van der Waals surface area contributed by atoms with Crippen molar-refractivity contribution in [3.63, 3.8) is 0 Å². The van der Waals surface area contributed by atoms with E-state index in [0.29, 0.717) is 19.3 Å². The molecule has 4 unspecified atom stereocenters. The Morgan fingerprint density at radius 3 is 2.34 bits per heavy atom. The maximum absolute atomic E-state index is 11.8. The maximum Gasteiger partial charge on any atom is 0.308 e. The molecule has 0 bridgehead atoms. The Kier molecular flexibility index (Phi) is 10.9. The van der Waals surface area contributed by atoms with Gasteiger partial charge in [0.1, 0.15) is 0 Å². The van der Waals surface area contributed by atoms with E-state index >= 15 is 0 Å². The summed E-state index contributed by atoms with van der Waals surface area (Å²) in [5.41, 5.74) is -1.15. The Morgan fingerprint density at radius 2 is 1.72 bits per heavy atom. The molecular weight excluding hydrogens is 608 g/mol. The van der Waals surface area contributed by atoms with Crippen molar-refractivity contribution in [3.8, 4) is 0 Å². The molecule has 17 atom stereocenters. The van der Waals surface area contributed by atoms with Crippen LogP contribution in [0.25, 0.3) is 0 Å². The molecule has 5 aliphatic heterocycles. The number of carboxylic acids is 1. The summed E-state index contributed by atoms with van der Waals surface area (Å²) < 4.78 is 39.4. The second-order valence-electron chi connectivity index (χ2n) is 16.3. The quantitative estimate of drug-likeness (QED) is 0.264. The summed E-state index contributed by atoms with van der Waals surface area (Å²) in [7, 11) is 1.52. The lowest BCUT2D eigenvalue weighted by Crippen LogP contribution is -2.57. The summed E-state index contributed by atoms with van der Waals surface area (Å²) in [6.45, 7) is 15.6. The molecule has 0 amide bonds. The highest BCUT2D eigenvalue weighted by Gasteiger charge is 2.62. The van der Waals surface area contributed by atoms with Gasteiger partial charge >= 0.3 is 5.97 Å². The highest BCUT2D eigenvalue weighted by atomic mass is 16.7. The minimum absolute atomic E-state index is 0.153. The van der Waals surface area contributed by atoms with E-state index in [1.165, 1.54) is 7.11 Å². The molecule has 0 aromatic carbocycles. The number of hydrogen-bond donors (Lipinski definition) is 4. The number of carboxylic acid groups (broad SMARTS) is 1. The molecule has 5 heterocycles. The number of ether oxygens (including phenoxy) is 6. The molecule has 0 radical (unpaired) electrons. The highest BCUT2D eigenvalue weighted by Crippen LogP contribution is 2.55. The van der Waals surface area contributed by atoms with Crippen LogP contribution in [0.2, 0.25) is 0 Å². The second-order valence-corrected chi connectivity index (χ2v) is 16.3. The standard InChI is InChI=1S/C36H62O11/c1-10-34(31-20(3)16-26(43-31)28-19(2)15-21(4)36(41,18-37)46-28)12-11-27(44-34)33(8)13-14-35(47-33)17-25(38)22(5)30(45-35)23(6)29(42-9)24(7)32(39)40/h19-31,37-38,41H,10-18H2,1-9H3,(H,39,40)/t19-,20-,21+,22+,23-,24-,25-,26+,27?,28?,29+,30-,31?,33-,34-,35?,36-/m0/s1. The summed E-state index contributed by atoms with van der Waals surface area (Å²) in [5.74, 6) is -4.52. The summed E-state index contributed by atoms with van der Waals surface area (Å²) in [4.78, 5) is 11.8. The summed E-state index contributed by atoms with van der Waals surface area (Å²) in [6.07, 6.45) is 2.99. The third kappa shape index (κ3) is 6.67. The molecule has 5 aliphatic rings. The predicted octanol–water partition coefficient (Wildman–Crippen LogP) is 4.27. The van der Waals surface area contributed by atoms with Crippen LogP contribution in [0.1, 0.15) is 107 Å². The molecule has 0 aliphatic carbocycles. The predicted molar refractivity (Wildman–Crippen MR) is 172 cm³/mol. The molecule has 5 fully saturated rings. The van der Waals surface area contributed by atoms with Gasteiger partial charge in [0.25, 0.3) is 0 Å². The molecule has 0 saturated carbocycles. The van der Waals surface area contributed by atoms with Gasteiger partial charge in [-0.15, -0.1) is 0 Å². The number of aliphatic carboxylic acids is 1. The fourth-order valence-electron chi connectivity index (χ4n) is 9.91. The number of carbonyl (C=O) groups is 1. The van der Waals surface area contributed by atoms with Gasteiger partial charge in [0.2, 0.25) is 0 Å². The number of methoxy groups -OCH3 is 1. The fraction of sp³-hybridized carbons (Fsp3) is 0.972. The first-order chi connectivity index (χ1) is 22.0. The molecule has 47 heavy (non-hydrogen) atoms. The van der Waals surface area contributed by atoms with Gasteiger partial charge in [-0.05, 0) is 64.2 Å². The first kappa shape index (κ1) is 37.4. The number of hydrogen-bond acceptors (Lipinski definition) is 10. The van der Waals surface area contributed by atoms with E-state index in [1.807, 2.05) is 20.8 Å². The van der Waals surface area contributed by atoms with E-state index < -0.39 is 59.6 Å². The minimum atomic E-state index is -1.56. The van der Waals surface area contributed by atoms with Crippen LogP contribution < -0.4 is 0 Å². The molecule has 11 nitrogen and oxygen atoms in total. The lowest BCUT2D eigenvalue weighted by molar-refractivity contribution is -0.336. The third-order valence-electron chi connectivity index (χ3n) is 13.0. The fourth-order valence-corrected chi connectivity index (χ4v) is 9.91. The van der Waals surface area contributed by atoms with Crippen molar-refractivity contribution in [2.75, 3.05) is 13.7 Å². The first-order valence-corrected chi connectivity index (χ1v) is 18.1. The van der Waals surface area contributed by atoms with E-state index in [2.05, 4.69) is 27.7 Å². The zero-order valence-corrected chi connectivity index (χ0v) is 30.0. The Morgan fingerprint density at radius 1 is 1.02 bits per heavy atom. The van der Waals surface area contributed by atoms with Gasteiger partial charge < -0.3 is 48.8 Å². The van der Waals surface area contributed by atoms with Crippen molar-refractivity contribution in [1.29, 1.82) is 0 Å². The van der Waals surface area contributed by atoms with E-state index in [-0.39, 0.29) is 54.0 Å². The van der Waals surface area contributed by atoms with Crippen LogP contribution in [0.5, 0.6) is 0 Å². The van der Waals surface area contributed by atoms with Crippen molar-refractivity contribution in [2.24, 2.45) is 35.5 Å². The van der Waals surface area contributed by atoms with Crippen LogP contribution in [-0.4, -0.2) is 106 Å². The Bertz CT molecular complexity index is 1110. The summed E-state index contributed by atoms with van der Waals surface area (Å²) >= 11 is 0. The van der Waals surface area contributed by atoms with Crippen LogP contribution >= 0.6 is 0 Å². The third-order valence-corrected chi connectivity index (χ3v) is 13.0. The molecule has 1 spiro atoms. The van der Waals surface area contributed by atoms with Gasteiger partial charge in [0, 0.05) is 37.7 Å². The largest absolute Gasteiger partial charge is 0.481 e. The molecule has 272 valence electrons. The van der Waals surface area contributed by atoms with Crippen molar-refractivity contribution in [2.45, 2.75) is 172 Å². The topological polar surface area (TPSA) is 153 Å². The van der Waals surface area contributed by atoms with Crippen molar-refractivity contribution >= 4 is 5.97 Å². The summed E-state index contributed by atoms with van der Waals surface area (Å²) in [5, 5.41) is 41.8.